The molecule has 0 radical (unpaired) electrons. The van der Waals surface area contributed by atoms with Crippen molar-refractivity contribution in [2.45, 2.75) is 115 Å². The van der Waals surface area contributed by atoms with Crippen LogP contribution in [0.1, 0.15) is 67.4 Å². The van der Waals surface area contributed by atoms with Gasteiger partial charge < -0.3 is 23.7 Å². The number of aliphatic hydroxyl groups is 1. The molecule has 0 bridgehead atoms. The third-order valence-electron chi connectivity index (χ3n) is 8.47. The van der Waals surface area contributed by atoms with Gasteiger partial charge in [0.25, 0.3) is 5.56 Å². The van der Waals surface area contributed by atoms with E-state index in [0.717, 1.165) is 5.67 Å². The van der Waals surface area contributed by atoms with Crippen molar-refractivity contribution >= 4 is 27.8 Å². The van der Waals surface area contributed by atoms with E-state index >= 15 is 0 Å². The monoisotopic (exact) mass is 522 g/mol. The Morgan fingerprint density at radius 3 is 2.23 bits per heavy atom. The number of aromatic nitrogens is 4. The van der Waals surface area contributed by atoms with Gasteiger partial charge in [0, 0.05) is 0 Å². The molecule has 2 aromatic rings. The largest absolute Gasteiger partial charge is 0.414 e. The van der Waals surface area contributed by atoms with Gasteiger partial charge in [-0.15, -0.1) is 0 Å². The summed E-state index contributed by atoms with van der Waals surface area (Å²) in [4.78, 5) is 23.8. The molecule has 0 aliphatic carbocycles. The number of hydrogen-bond acceptors (Lipinski definition) is 7. The van der Waals surface area contributed by atoms with E-state index < -0.39 is 41.2 Å². The molecule has 0 amide bonds. The van der Waals surface area contributed by atoms with Crippen molar-refractivity contribution in [2.75, 3.05) is 6.61 Å². The lowest BCUT2D eigenvalue weighted by molar-refractivity contribution is -0.0497. The molecule has 196 valence electrons. The van der Waals surface area contributed by atoms with E-state index in [1.54, 1.807) is 11.5 Å². The maximum absolute atomic E-state index is 12.4. The van der Waals surface area contributed by atoms with E-state index in [2.05, 4.69) is 70.3 Å². The van der Waals surface area contributed by atoms with Gasteiger partial charge in [-0.05, 0) is 34.8 Å². The summed E-state index contributed by atoms with van der Waals surface area (Å²) < 4.78 is 22.3. The van der Waals surface area contributed by atoms with Crippen molar-refractivity contribution in [1.29, 1.82) is 0 Å². The number of aromatic amines is 1. The van der Waals surface area contributed by atoms with Crippen molar-refractivity contribution in [3.05, 3.63) is 22.5 Å². The van der Waals surface area contributed by atoms with Gasteiger partial charge in [0.1, 0.15) is 24.1 Å². The first kappa shape index (κ1) is 26.7. The summed E-state index contributed by atoms with van der Waals surface area (Å²) in [5.41, 5.74) is 2.92. The molecule has 9 nitrogen and oxygen atoms in total. The molecule has 2 saturated heterocycles. The highest BCUT2D eigenvalue weighted by Crippen LogP contribution is 2.50. The minimum atomic E-state index is -2.39. The highest BCUT2D eigenvalue weighted by Gasteiger charge is 2.60. The first-order valence-corrected chi connectivity index (χ1v) is 17.5. The van der Waals surface area contributed by atoms with Gasteiger partial charge >= 0.3 is 0 Å². The molecule has 11 heteroatoms. The Kier molecular flexibility index (Phi) is 7.24. The van der Waals surface area contributed by atoms with E-state index in [4.69, 9.17) is 13.6 Å². The van der Waals surface area contributed by atoms with Crippen LogP contribution in [0.2, 0.25) is 27.8 Å². The molecular formula is C24H42N4O5Si2. The average Bonchev–Trinajstić information content (AvgIpc) is 3.28. The van der Waals surface area contributed by atoms with Crippen LogP contribution in [0.15, 0.2) is 11.1 Å². The predicted octanol–water partition coefficient (Wildman–Crippen LogP) is 4.17. The van der Waals surface area contributed by atoms with Crippen molar-refractivity contribution in [1.82, 2.24) is 19.5 Å². The van der Waals surface area contributed by atoms with Crippen LogP contribution >= 0.6 is 0 Å². The molecule has 0 spiro atoms. The van der Waals surface area contributed by atoms with E-state index in [1.807, 2.05) is 0 Å². The van der Waals surface area contributed by atoms with Gasteiger partial charge in [0.15, 0.2) is 34.0 Å². The number of fused-ring (bicyclic) bond motifs is 2. The number of aryl methyl sites for hydroxylation is 1. The Bertz CT molecular complexity index is 1100. The van der Waals surface area contributed by atoms with E-state index in [0.29, 0.717) is 40.2 Å². The molecule has 0 saturated carbocycles. The summed E-state index contributed by atoms with van der Waals surface area (Å²) in [5, 5.41) is 11.6. The van der Waals surface area contributed by atoms with Crippen LogP contribution in [-0.4, -0.2) is 66.2 Å². The third-order valence-corrected chi connectivity index (χ3v) is 22.1. The second-order valence-corrected chi connectivity index (χ2v) is 22.0. The Morgan fingerprint density at radius 1 is 1.06 bits per heavy atom. The normalized spacial score (nSPS) is 28.7. The molecule has 2 aromatic heterocycles. The maximum atomic E-state index is 12.4. The number of hydrogen-bond donors (Lipinski definition) is 2. The molecule has 35 heavy (non-hydrogen) atoms. The summed E-state index contributed by atoms with van der Waals surface area (Å²) >= 11 is 0. The summed E-state index contributed by atoms with van der Waals surface area (Å²) in [6.07, 6.45) is -1.09. The molecule has 2 aliphatic rings. The maximum Gasteiger partial charge on any atom is 0.279 e. The lowest BCUT2D eigenvalue weighted by Crippen LogP contribution is -2.62. The fourth-order valence-electron chi connectivity index (χ4n) is 6.22. The highest BCUT2D eigenvalue weighted by atomic mass is 28.4. The van der Waals surface area contributed by atoms with Crippen LogP contribution in [0.25, 0.3) is 11.2 Å². The second kappa shape index (κ2) is 9.49. The molecule has 2 aliphatic heterocycles. The van der Waals surface area contributed by atoms with Gasteiger partial charge in [-0.1, -0.05) is 55.4 Å². The second-order valence-electron chi connectivity index (χ2n) is 11.6. The summed E-state index contributed by atoms with van der Waals surface area (Å²) in [6, 6.07) is 0. The van der Waals surface area contributed by atoms with Crippen LogP contribution in [-0.2, 0) is 13.6 Å². The van der Waals surface area contributed by atoms with Gasteiger partial charge in [0.05, 0.1) is 12.9 Å². The van der Waals surface area contributed by atoms with E-state index in [9.17, 15) is 9.90 Å². The lowest BCUT2D eigenvalue weighted by atomic mass is 10.1. The number of aliphatic hydroxyl groups excluding tert-OH is 1. The molecule has 2 N–H and O–H groups in total. The highest BCUT2D eigenvalue weighted by molar-refractivity contribution is 6.94. The minimum Gasteiger partial charge on any atom is -0.414 e. The summed E-state index contributed by atoms with van der Waals surface area (Å²) in [5.74, 6) is 0.484. The van der Waals surface area contributed by atoms with Gasteiger partial charge in [-0.2, -0.15) is 0 Å². The third kappa shape index (κ3) is 4.27. The molecule has 2 unspecified atom stereocenters. The molecule has 4 heterocycles. The molecule has 0 aromatic carbocycles. The Balaban J connectivity index is 1.79. The molecule has 4 rings (SSSR count). The predicted molar refractivity (Wildman–Crippen MR) is 140 cm³/mol. The number of imidazole rings is 1. The lowest BCUT2D eigenvalue weighted by Gasteiger charge is -2.51. The van der Waals surface area contributed by atoms with Gasteiger partial charge in [-0.3, -0.25) is 9.36 Å². The fourth-order valence-corrected chi connectivity index (χ4v) is 22.1. The van der Waals surface area contributed by atoms with Crippen LogP contribution in [0.5, 0.6) is 0 Å². The zero-order valence-electron chi connectivity index (χ0n) is 22.5. The first-order chi connectivity index (χ1) is 16.3. The molecular weight excluding hydrogens is 480 g/mol. The van der Waals surface area contributed by atoms with E-state index in [-0.39, 0.29) is 11.1 Å². The van der Waals surface area contributed by atoms with E-state index in [1.165, 1.54) is 6.33 Å². The zero-order valence-corrected chi connectivity index (χ0v) is 24.5. The SMILES string of the molecule is Cc1nc2c(ncn2[C@@H]2O[C@@H]3CO[Si](C(C)C)(C(C)C)C[Si](C(C)C)(C(C)C)OC3C2O)c(=O)[nH]1. The smallest absolute Gasteiger partial charge is 0.279 e. The Labute approximate surface area is 209 Å². The molecule has 4 atom stereocenters. The molecule has 2 fully saturated rings. The van der Waals surface area contributed by atoms with Crippen molar-refractivity contribution in [2.24, 2.45) is 0 Å². The van der Waals surface area contributed by atoms with Crippen LogP contribution in [0.3, 0.4) is 0 Å². The Morgan fingerprint density at radius 2 is 1.66 bits per heavy atom. The van der Waals surface area contributed by atoms with Crippen molar-refractivity contribution in [3.63, 3.8) is 0 Å². The number of nitrogens with one attached hydrogen (secondary N) is 1. The van der Waals surface area contributed by atoms with Crippen LogP contribution in [0.4, 0.5) is 0 Å². The zero-order chi connectivity index (χ0) is 25.9. The van der Waals surface area contributed by atoms with Gasteiger partial charge in [0.2, 0.25) is 0 Å². The number of nitrogens with zero attached hydrogens (tertiary/aromatic N) is 3. The number of H-pyrrole nitrogens is 1. The first-order valence-electron chi connectivity index (χ1n) is 12.9. The summed E-state index contributed by atoms with van der Waals surface area (Å²) in [6.45, 7) is 20.4. The average molecular weight is 523 g/mol. The standard InChI is InChI=1S/C24H42N4O5Si2/c1-13(2)34(14(3)4)12-35(15(5)6,16(7)8)33-21-18(10-31-34)32-24(20(21)29)28-11-25-19-22(28)26-17(9)27-23(19)30/h11,13-16,18,20-21,24,29H,10,12H2,1-9H3,(H,26,27,30)/t18-,20?,21?,24-/m1/s1. The Hall–Kier alpha value is -1.38. The van der Waals surface area contributed by atoms with Crippen molar-refractivity contribution < 1.29 is 18.7 Å². The fraction of sp³-hybridized carbons (Fsp3) is 0.792. The number of rotatable bonds is 5. The van der Waals surface area contributed by atoms with Crippen molar-refractivity contribution in [3.8, 4) is 0 Å². The van der Waals surface area contributed by atoms with Crippen LogP contribution < -0.4 is 5.56 Å². The quantitative estimate of drug-likeness (QED) is 0.567. The van der Waals surface area contributed by atoms with Gasteiger partial charge in [-0.25, -0.2) is 9.97 Å². The minimum absolute atomic E-state index is 0.229. The topological polar surface area (TPSA) is 111 Å². The number of ether oxygens (including phenoxy) is 1. The summed E-state index contributed by atoms with van der Waals surface area (Å²) in [7, 11) is -4.60. The van der Waals surface area contributed by atoms with Crippen LogP contribution in [0, 0.1) is 6.92 Å².